The maximum atomic E-state index is 12.6. The topological polar surface area (TPSA) is 51.7 Å². The van der Waals surface area contributed by atoms with Gasteiger partial charge < -0.3 is 14.4 Å². The summed E-state index contributed by atoms with van der Waals surface area (Å²) < 4.78 is 48.6. The van der Waals surface area contributed by atoms with Crippen LogP contribution >= 0.6 is 11.6 Å². The molecule has 0 unspecified atom stereocenters. The molecule has 1 aliphatic heterocycles. The third-order valence-corrected chi connectivity index (χ3v) is 3.93. The Morgan fingerprint density at radius 2 is 1.88 bits per heavy atom. The summed E-state index contributed by atoms with van der Waals surface area (Å²) in [6.07, 6.45) is -4.93. The molecular formula is C17H14ClF3N2O3. The number of nitrogens with zero attached hydrogens (tertiary/aromatic N) is 2. The molecule has 0 atom stereocenters. The SMILES string of the molecule is O=C(COc1ccc(Cl)cc1)N1CC(Oc2cccc(C(F)(F)F)n2)C1. The monoisotopic (exact) mass is 386 g/mol. The second-order valence-electron chi connectivity index (χ2n) is 5.64. The summed E-state index contributed by atoms with van der Waals surface area (Å²) in [5.74, 6) is 0.162. The summed E-state index contributed by atoms with van der Waals surface area (Å²) in [7, 11) is 0. The van der Waals surface area contributed by atoms with E-state index >= 15 is 0 Å². The smallest absolute Gasteiger partial charge is 0.433 e. The van der Waals surface area contributed by atoms with Crippen LogP contribution in [0, 0.1) is 0 Å². The Labute approximate surface area is 152 Å². The number of amides is 1. The summed E-state index contributed by atoms with van der Waals surface area (Å²) in [5, 5.41) is 0.564. The summed E-state index contributed by atoms with van der Waals surface area (Å²) in [4.78, 5) is 16.9. The van der Waals surface area contributed by atoms with E-state index in [2.05, 4.69) is 4.98 Å². The first-order valence-corrected chi connectivity index (χ1v) is 8.06. The molecule has 0 spiro atoms. The Bertz CT molecular complexity index is 778. The van der Waals surface area contributed by atoms with Gasteiger partial charge >= 0.3 is 6.18 Å². The molecule has 26 heavy (non-hydrogen) atoms. The predicted molar refractivity (Wildman–Crippen MR) is 87.2 cm³/mol. The average molecular weight is 387 g/mol. The van der Waals surface area contributed by atoms with Crippen molar-refractivity contribution in [2.75, 3.05) is 19.7 Å². The van der Waals surface area contributed by atoms with Gasteiger partial charge in [0.15, 0.2) is 6.61 Å². The van der Waals surface area contributed by atoms with Crippen LogP contribution in [0.15, 0.2) is 42.5 Å². The average Bonchev–Trinajstić information content (AvgIpc) is 2.56. The maximum Gasteiger partial charge on any atom is 0.433 e. The van der Waals surface area contributed by atoms with E-state index in [1.165, 1.54) is 17.0 Å². The lowest BCUT2D eigenvalue weighted by molar-refractivity contribution is -0.143. The molecule has 1 saturated heterocycles. The number of benzene rings is 1. The molecule has 138 valence electrons. The molecule has 1 aromatic heterocycles. The Balaban J connectivity index is 1.45. The molecule has 0 radical (unpaired) electrons. The van der Waals surface area contributed by atoms with Gasteiger partial charge in [-0.1, -0.05) is 17.7 Å². The van der Waals surface area contributed by atoms with Crippen LogP contribution < -0.4 is 9.47 Å². The van der Waals surface area contributed by atoms with Crippen LogP contribution in [0.1, 0.15) is 5.69 Å². The zero-order valence-electron chi connectivity index (χ0n) is 13.4. The summed E-state index contributed by atoms with van der Waals surface area (Å²) in [6.45, 7) is 0.387. The molecule has 2 aromatic rings. The van der Waals surface area contributed by atoms with E-state index in [1.54, 1.807) is 24.3 Å². The van der Waals surface area contributed by atoms with E-state index in [9.17, 15) is 18.0 Å². The maximum absolute atomic E-state index is 12.6. The van der Waals surface area contributed by atoms with Crippen molar-refractivity contribution >= 4 is 17.5 Å². The number of carbonyl (C=O) groups excluding carboxylic acids is 1. The third-order valence-electron chi connectivity index (χ3n) is 3.68. The largest absolute Gasteiger partial charge is 0.484 e. The van der Waals surface area contributed by atoms with Gasteiger partial charge in [-0.3, -0.25) is 4.79 Å². The standard InChI is InChI=1S/C17H14ClF3N2O3/c18-11-4-6-12(7-5-11)25-10-16(24)23-8-13(9-23)26-15-3-1-2-14(22-15)17(19,20)21/h1-7,13H,8-10H2. The Morgan fingerprint density at radius 3 is 2.54 bits per heavy atom. The molecule has 0 bridgehead atoms. The lowest BCUT2D eigenvalue weighted by Gasteiger charge is -2.38. The minimum Gasteiger partial charge on any atom is -0.484 e. The third kappa shape index (κ3) is 4.57. The molecule has 1 fully saturated rings. The van der Waals surface area contributed by atoms with Gasteiger partial charge in [0.2, 0.25) is 5.88 Å². The summed E-state index contributed by atoms with van der Waals surface area (Å²) >= 11 is 5.76. The summed E-state index contributed by atoms with van der Waals surface area (Å²) in [6, 6.07) is 10.1. The van der Waals surface area contributed by atoms with E-state index in [4.69, 9.17) is 21.1 Å². The Hall–Kier alpha value is -2.48. The van der Waals surface area contributed by atoms with Gasteiger partial charge in [0.1, 0.15) is 17.5 Å². The number of alkyl halides is 3. The van der Waals surface area contributed by atoms with Crippen LogP contribution in [0.3, 0.4) is 0 Å². The highest BCUT2D eigenvalue weighted by atomic mass is 35.5. The van der Waals surface area contributed by atoms with Crippen molar-refractivity contribution in [2.24, 2.45) is 0 Å². The van der Waals surface area contributed by atoms with Gasteiger partial charge in [0, 0.05) is 11.1 Å². The molecular weight excluding hydrogens is 373 g/mol. The number of carbonyl (C=O) groups is 1. The molecule has 9 heteroatoms. The van der Waals surface area contributed by atoms with Crippen molar-refractivity contribution in [3.8, 4) is 11.6 Å². The molecule has 1 aliphatic rings. The van der Waals surface area contributed by atoms with Gasteiger partial charge in [0.25, 0.3) is 5.91 Å². The highest BCUT2D eigenvalue weighted by Gasteiger charge is 2.35. The quantitative estimate of drug-likeness (QED) is 0.790. The number of likely N-dealkylation sites (tertiary alicyclic amines) is 1. The molecule has 3 rings (SSSR count). The molecule has 1 amide bonds. The van der Waals surface area contributed by atoms with Gasteiger partial charge in [-0.05, 0) is 30.3 Å². The first-order chi connectivity index (χ1) is 12.3. The van der Waals surface area contributed by atoms with Gasteiger partial charge in [-0.15, -0.1) is 0 Å². The second-order valence-corrected chi connectivity index (χ2v) is 6.08. The molecule has 2 heterocycles. The van der Waals surface area contributed by atoms with E-state index in [0.717, 1.165) is 6.07 Å². The van der Waals surface area contributed by atoms with Crippen LogP contribution in [0.4, 0.5) is 13.2 Å². The van der Waals surface area contributed by atoms with Gasteiger partial charge in [-0.2, -0.15) is 13.2 Å². The fourth-order valence-corrected chi connectivity index (χ4v) is 2.42. The lowest BCUT2D eigenvalue weighted by atomic mass is 10.1. The van der Waals surface area contributed by atoms with Crippen molar-refractivity contribution in [3.63, 3.8) is 0 Å². The zero-order chi connectivity index (χ0) is 18.7. The minimum atomic E-state index is -4.53. The first-order valence-electron chi connectivity index (χ1n) is 7.68. The second kappa shape index (κ2) is 7.41. The van der Waals surface area contributed by atoms with Crippen molar-refractivity contribution in [1.82, 2.24) is 9.88 Å². The molecule has 5 nitrogen and oxygen atoms in total. The number of pyridine rings is 1. The highest BCUT2D eigenvalue weighted by Crippen LogP contribution is 2.29. The van der Waals surface area contributed by atoms with E-state index in [0.29, 0.717) is 10.8 Å². The fourth-order valence-electron chi connectivity index (χ4n) is 2.29. The molecule has 1 aromatic carbocycles. The highest BCUT2D eigenvalue weighted by molar-refractivity contribution is 6.30. The van der Waals surface area contributed by atoms with E-state index in [-0.39, 0.29) is 31.5 Å². The van der Waals surface area contributed by atoms with Gasteiger partial charge in [0.05, 0.1) is 13.1 Å². The number of halogens is 4. The van der Waals surface area contributed by atoms with E-state index in [1.807, 2.05) is 0 Å². The van der Waals surface area contributed by atoms with Crippen LogP contribution in [0.2, 0.25) is 5.02 Å². The first kappa shape index (κ1) is 18.3. The Morgan fingerprint density at radius 1 is 1.19 bits per heavy atom. The molecule has 0 aliphatic carbocycles. The number of ether oxygens (including phenoxy) is 2. The lowest BCUT2D eigenvalue weighted by Crippen LogP contribution is -2.57. The van der Waals surface area contributed by atoms with E-state index < -0.39 is 18.0 Å². The summed E-state index contributed by atoms with van der Waals surface area (Å²) in [5.41, 5.74) is -1.02. The molecule has 0 saturated carbocycles. The minimum absolute atomic E-state index is 0.116. The van der Waals surface area contributed by atoms with Crippen LogP contribution in [-0.2, 0) is 11.0 Å². The van der Waals surface area contributed by atoms with Crippen LogP contribution in [0.25, 0.3) is 0 Å². The van der Waals surface area contributed by atoms with Crippen molar-refractivity contribution in [3.05, 3.63) is 53.2 Å². The zero-order valence-corrected chi connectivity index (χ0v) is 14.1. The van der Waals surface area contributed by atoms with Crippen molar-refractivity contribution in [1.29, 1.82) is 0 Å². The van der Waals surface area contributed by atoms with Crippen molar-refractivity contribution < 1.29 is 27.4 Å². The predicted octanol–water partition coefficient (Wildman–Crippen LogP) is 3.42. The van der Waals surface area contributed by atoms with Crippen LogP contribution in [0.5, 0.6) is 11.6 Å². The Kier molecular flexibility index (Phi) is 5.22. The number of rotatable bonds is 5. The molecule has 0 N–H and O–H groups in total. The number of hydrogen-bond acceptors (Lipinski definition) is 4. The van der Waals surface area contributed by atoms with Crippen LogP contribution in [-0.4, -0.2) is 41.6 Å². The van der Waals surface area contributed by atoms with Gasteiger partial charge in [-0.25, -0.2) is 4.98 Å². The fraction of sp³-hybridized carbons (Fsp3) is 0.294. The number of hydrogen-bond donors (Lipinski definition) is 0. The number of aromatic nitrogens is 1. The normalized spacial score (nSPS) is 14.7. The van der Waals surface area contributed by atoms with Crippen molar-refractivity contribution in [2.45, 2.75) is 12.3 Å².